The molecule has 0 spiro atoms. The van der Waals surface area contributed by atoms with E-state index in [1.807, 2.05) is 12.3 Å². The highest BCUT2D eigenvalue weighted by molar-refractivity contribution is 7.19. The van der Waals surface area contributed by atoms with Crippen molar-refractivity contribution in [2.75, 3.05) is 33.4 Å². The fourth-order valence-electron chi connectivity index (χ4n) is 6.07. The zero-order valence-corrected chi connectivity index (χ0v) is 20.0. The molecule has 1 atom stereocenters. The molecule has 2 fully saturated rings. The summed E-state index contributed by atoms with van der Waals surface area (Å²) in [5, 5.41) is 1.14. The predicted octanol–water partition coefficient (Wildman–Crippen LogP) is 4.69. The molecule has 1 aliphatic heterocycles. The minimum absolute atomic E-state index is 0.139. The van der Waals surface area contributed by atoms with Crippen molar-refractivity contribution < 1.29 is 19.0 Å². The maximum Gasteiger partial charge on any atom is 0.306 e. The molecule has 2 aromatic rings. The van der Waals surface area contributed by atoms with E-state index < -0.39 is 0 Å². The second-order valence-electron chi connectivity index (χ2n) is 9.44. The monoisotopic (exact) mass is 458 g/mol. The van der Waals surface area contributed by atoms with E-state index in [9.17, 15) is 4.79 Å². The highest BCUT2D eigenvalue weighted by Gasteiger charge is 2.40. The number of methoxy groups -OCH3 is 1. The zero-order valence-electron chi connectivity index (χ0n) is 19.2. The van der Waals surface area contributed by atoms with Crippen molar-refractivity contribution in [1.82, 2.24) is 9.88 Å². The molecule has 0 aromatic carbocycles. The smallest absolute Gasteiger partial charge is 0.306 e. The molecule has 7 heteroatoms. The Hall–Kier alpha value is -1.70. The molecule has 32 heavy (non-hydrogen) atoms. The van der Waals surface area contributed by atoms with Crippen LogP contribution >= 0.6 is 11.3 Å². The minimum Gasteiger partial charge on any atom is -0.490 e. The number of hydrogen-bond acceptors (Lipinski definition) is 7. The summed E-state index contributed by atoms with van der Waals surface area (Å²) in [6.45, 7) is 6.14. The van der Waals surface area contributed by atoms with Crippen LogP contribution in [0.2, 0.25) is 0 Å². The Morgan fingerprint density at radius 3 is 2.78 bits per heavy atom. The number of rotatable bonds is 6. The van der Waals surface area contributed by atoms with Crippen LogP contribution in [-0.2, 0) is 20.7 Å². The van der Waals surface area contributed by atoms with Crippen molar-refractivity contribution in [2.24, 2.45) is 0 Å². The lowest BCUT2D eigenvalue weighted by molar-refractivity contribution is -0.141. The lowest BCUT2D eigenvalue weighted by Gasteiger charge is -2.49. The van der Waals surface area contributed by atoms with Gasteiger partial charge in [0.25, 0.3) is 0 Å². The van der Waals surface area contributed by atoms with E-state index in [1.54, 1.807) is 11.3 Å². The van der Waals surface area contributed by atoms with Crippen molar-refractivity contribution in [3.8, 4) is 5.75 Å². The van der Waals surface area contributed by atoms with E-state index in [4.69, 9.17) is 14.2 Å². The second kappa shape index (κ2) is 9.27. The maximum atomic E-state index is 12.0. The van der Waals surface area contributed by atoms with Crippen molar-refractivity contribution in [2.45, 2.75) is 75.9 Å². The molecule has 6 nitrogen and oxygen atoms in total. The van der Waals surface area contributed by atoms with E-state index in [-0.39, 0.29) is 18.0 Å². The molecule has 174 valence electrons. The van der Waals surface area contributed by atoms with Gasteiger partial charge >= 0.3 is 5.97 Å². The van der Waals surface area contributed by atoms with Crippen LogP contribution in [0.5, 0.6) is 5.75 Å². The number of thiophene rings is 1. The quantitative estimate of drug-likeness (QED) is 0.585. The predicted molar refractivity (Wildman–Crippen MR) is 126 cm³/mol. The van der Waals surface area contributed by atoms with Crippen molar-refractivity contribution in [3.05, 3.63) is 22.7 Å². The summed E-state index contributed by atoms with van der Waals surface area (Å²) in [7, 11) is 1.47. The minimum atomic E-state index is -0.139. The van der Waals surface area contributed by atoms with Gasteiger partial charge in [-0.3, -0.25) is 9.69 Å². The Labute approximate surface area is 194 Å². The van der Waals surface area contributed by atoms with Gasteiger partial charge in [0, 0.05) is 29.7 Å². The summed E-state index contributed by atoms with van der Waals surface area (Å²) in [5.41, 5.74) is 1.58. The molecule has 0 radical (unpaired) electrons. The number of carbonyl (C=O) groups is 1. The number of carbonyl (C=O) groups excluding carboxylic acids is 1. The molecule has 2 aliphatic carbocycles. The first-order chi connectivity index (χ1) is 15.6. The summed E-state index contributed by atoms with van der Waals surface area (Å²) in [6, 6.07) is 2.02. The number of nitrogens with zero attached hydrogens (tertiary/aromatic N) is 2. The van der Waals surface area contributed by atoms with Crippen LogP contribution < -0.4 is 4.74 Å². The topological polar surface area (TPSA) is 60.9 Å². The van der Waals surface area contributed by atoms with Crippen LogP contribution in [0.25, 0.3) is 10.2 Å². The third-order valence-corrected chi connectivity index (χ3v) is 9.11. The molecule has 3 heterocycles. The Morgan fingerprint density at radius 2 is 2.06 bits per heavy atom. The molecule has 0 amide bonds. The Morgan fingerprint density at radius 1 is 1.28 bits per heavy atom. The maximum absolute atomic E-state index is 12.0. The normalized spacial score (nSPS) is 28.6. The van der Waals surface area contributed by atoms with Crippen LogP contribution in [0.15, 0.2) is 12.3 Å². The van der Waals surface area contributed by atoms with Gasteiger partial charge in [-0.25, -0.2) is 4.98 Å². The number of fused-ring (bicyclic) bond motifs is 3. The summed E-state index contributed by atoms with van der Waals surface area (Å²) < 4.78 is 17.2. The average molecular weight is 459 g/mol. The van der Waals surface area contributed by atoms with Gasteiger partial charge < -0.3 is 14.2 Å². The summed E-state index contributed by atoms with van der Waals surface area (Å²) >= 11 is 1.76. The van der Waals surface area contributed by atoms with Crippen LogP contribution in [0.4, 0.5) is 0 Å². The first-order valence-electron chi connectivity index (χ1n) is 12.1. The van der Waals surface area contributed by atoms with Crippen LogP contribution in [0, 0.1) is 0 Å². The first-order valence-corrected chi connectivity index (χ1v) is 12.9. The average Bonchev–Trinajstić information content (AvgIpc) is 3.40. The molecule has 5 rings (SSSR count). The fraction of sp³-hybridized carbons (Fsp3) is 0.680. The third kappa shape index (κ3) is 4.03. The second-order valence-corrected chi connectivity index (χ2v) is 10.5. The van der Waals surface area contributed by atoms with E-state index >= 15 is 0 Å². The van der Waals surface area contributed by atoms with Gasteiger partial charge in [-0.05, 0) is 62.5 Å². The number of aryl methyl sites for hydroxylation is 1. The van der Waals surface area contributed by atoms with Crippen LogP contribution in [-0.4, -0.2) is 60.9 Å². The van der Waals surface area contributed by atoms with Crippen LogP contribution in [0.3, 0.4) is 0 Å². The lowest BCUT2D eigenvalue weighted by Crippen LogP contribution is -2.55. The van der Waals surface area contributed by atoms with Crippen molar-refractivity contribution >= 4 is 27.5 Å². The Bertz CT molecular complexity index is 960. The lowest BCUT2D eigenvalue weighted by atomic mass is 9.77. The molecule has 1 saturated heterocycles. The molecular weight excluding hydrogens is 424 g/mol. The molecule has 0 N–H and O–H groups in total. The van der Waals surface area contributed by atoms with E-state index in [0.29, 0.717) is 12.0 Å². The SMILES string of the molecule is CC[C@]1(N2CCOCC2)CC[C@H](Oc2ccnc3sc4c(c23)[C@@H](CC(=O)OC)CC4)CC1. The number of pyridine rings is 1. The van der Waals surface area contributed by atoms with Gasteiger partial charge in [-0.15, -0.1) is 11.3 Å². The largest absolute Gasteiger partial charge is 0.490 e. The standard InChI is InChI=1S/C25H34N2O4S/c1-3-25(27-12-14-30-15-13-27)9-6-18(7-10-25)31-19-8-11-26-24-23(19)22-17(16-21(28)29-2)4-5-20(22)32-24/h8,11,17-18H,3-7,9-10,12-16H2,1-2H3/t17-,18-,25-/m1/s1. The van der Waals surface area contributed by atoms with Crippen molar-refractivity contribution in [3.63, 3.8) is 0 Å². The number of morpholine rings is 1. The van der Waals surface area contributed by atoms with E-state index in [0.717, 1.165) is 68.0 Å². The van der Waals surface area contributed by atoms with Crippen molar-refractivity contribution in [1.29, 1.82) is 0 Å². The Kier molecular flexibility index (Phi) is 6.41. The highest BCUT2D eigenvalue weighted by atomic mass is 32.1. The number of ether oxygens (including phenoxy) is 3. The Balaban J connectivity index is 1.34. The van der Waals surface area contributed by atoms with Gasteiger partial charge in [-0.2, -0.15) is 0 Å². The molecular formula is C25H34N2O4S. The van der Waals surface area contributed by atoms with Gasteiger partial charge in [0.2, 0.25) is 0 Å². The number of hydrogen-bond donors (Lipinski definition) is 0. The summed E-state index contributed by atoms with van der Waals surface area (Å²) in [4.78, 5) is 21.7. The van der Waals surface area contributed by atoms with E-state index in [1.165, 1.54) is 36.8 Å². The van der Waals surface area contributed by atoms with Crippen LogP contribution in [0.1, 0.15) is 68.2 Å². The molecule has 1 saturated carbocycles. The molecule has 3 aliphatic rings. The van der Waals surface area contributed by atoms with Gasteiger partial charge in [0.05, 0.1) is 38.2 Å². The molecule has 0 unspecified atom stereocenters. The van der Waals surface area contributed by atoms with E-state index in [2.05, 4.69) is 16.8 Å². The van der Waals surface area contributed by atoms with Gasteiger partial charge in [0.1, 0.15) is 10.6 Å². The van der Waals surface area contributed by atoms with Gasteiger partial charge in [-0.1, -0.05) is 6.92 Å². The fourth-order valence-corrected chi connectivity index (χ4v) is 7.33. The zero-order chi connectivity index (χ0) is 22.1. The first kappa shape index (κ1) is 22.1. The number of esters is 1. The third-order valence-electron chi connectivity index (χ3n) is 7.93. The molecule has 0 bridgehead atoms. The highest BCUT2D eigenvalue weighted by Crippen LogP contribution is 2.48. The molecule has 2 aromatic heterocycles. The van der Waals surface area contributed by atoms with Gasteiger partial charge in [0.15, 0.2) is 0 Å². The summed E-state index contributed by atoms with van der Waals surface area (Å²) in [6.07, 6.45) is 10.2. The number of aromatic nitrogens is 1. The summed E-state index contributed by atoms with van der Waals surface area (Å²) in [5.74, 6) is 1.02.